The molecule has 0 unspecified atom stereocenters. The average molecular weight is 227 g/mol. The lowest BCUT2D eigenvalue weighted by Gasteiger charge is -2.20. The van der Waals surface area contributed by atoms with Gasteiger partial charge in [-0.15, -0.1) is 0 Å². The minimum Gasteiger partial charge on any atom is -0.343 e. The number of amides is 1. The fourth-order valence-electron chi connectivity index (χ4n) is 1.86. The van der Waals surface area contributed by atoms with Crippen molar-refractivity contribution < 1.29 is 4.79 Å². The Bertz CT molecular complexity index is 168. The van der Waals surface area contributed by atoms with Crippen LogP contribution in [0.25, 0.3) is 0 Å². The minimum atomic E-state index is 0.238. The highest BCUT2D eigenvalue weighted by molar-refractivity contribution is 5.73. The van der Waals surface area contributed by atoms with Crippen LogP contribution in [0.4, 0.5) is 0 Å². The van der Waals surface area contributed by atoms with Crippen molar-refractivity contribution in [3.8, 4) is 0 Å². The van der Waals surface area contributed by atoms with Crippen molar-refractivity contribution in [3.63, 3.8) is 0 Å². The van der Waals surface area contributed by atoms with E-state index in [1.54, 1.807) is 6.92 Å². The highest BCUT2D eigenvalue weighted by Gasteiger charge is 2.06. The topological polar surface area (TPSA) is 20.3 Å². The van der Waals surface area contributed by atoms with Gasteiger partial charge in [-0.25, -0.2) is 0 Å². The fourth-order valence-corrected chi connectivity index (χ4v) is 1.86. The molecule has 0 rings (SSSR count). The molecule has 2 nitrogen and oxygen atoms in total. The van der Waals surface area contributed by atoms with Gasteiger partial charge in [-0.05, 0) is 12.8 Å². The highest BCUT2D eigenvalue weighted by atomic mass is 16.2. The predicted molar refractivity (Wildman–Crippen MR) is 70.5 cm³/mol. The standard InChI is InChI=1S/C14H29NO/c1-4-6-8-9-10-11-13-15(14(3)16)12-7-5-2/h4-13H2,1-3H3. The third-order valence-electron chi connectivity index (χ3n) is 3.01. The van der Waals surface area contributed by atoms with E-state index in [0.717, 1.165) is 19.5 Å². The second-order valence-electron chi connectivity index (χ2n) is 4.63. The Morgan fingerprint density at radius 2 is 1.31 bits per heavy atom. The first-order valence-corrected chi connectivity index (χ1v) is 6.97. The summed E-state index contributed by atoms with van der Waals surface area (Å²) in [5, 5.41) is 0. The molecular weight excluding hydrogens is 198 g/mol. The van der Waals surface area contributed by atoms with E-state index in [2.05, 4.69) is 13.8 Å². The average Bonchev–Trinajstić information content (AvgIpc) is 2.26. The summed E-state index contributed by atoms with van der Waals surface area (Å²) < 4.78 is 0. The molecule has 0 radical (unpaired) electrons. The number of hydrogen-bond donors (Lipinski definition) is 0. The summed E-state index contributed by atoms with van der Waals surface area (Å²) in [5.74, 6) is 0.238. The Hall–Kier alpha value is -0.530. The molecule has 0 aliphatic heterocycles. The molecule has 0 heterocycles. The van der Waals surface area contributed by atoms with Gasteiger partial charge in [0, 0.05) is 20.0 Å². The Morgan fingerprint density at radius 3 is 1.88 bits per heavy atom. The molecule has 0 saturated carbocycles. The lowest BCUT2D eigenvalue weighted by molar-refractivity contribution is -0.129. The van der Waals surface area contributed by atoms with Crippen molar-refractivity contribution in [2.75, 3.05) is 13.1 Å². The van der Waals surface area contributed by atoms with Crippen LogP contribution in [-0.4, -0.2) is 23.9 Å². The quantitative estimate of drug-likeness (QED) is 0.517. The van der Waals surface area contributed by atoms with Crippen molar-refractivity contribution in [2.24, 2.45) is 0 Å². The second kappa shape index (κ2) is 11.0. The van der Waals surface area contributed by atoms with Crippen molar-refractivity contribution in [1.82, 2.24) is 4.90 Å². The van der Waals surface area contributed by atoms with Gasteiger partial charge in [0.05, 0.1) is 0 Å². The molecule has 16 heavy (non-hydrogen) atoms. The molecule has 0 saturated heterocycles. The van der Waals surface area contributed by atoms with Gasteiger partial charge in [0.2, 0.25) is 5.91 Å². The molecule has 0 aromatic rings. The zero-order valence-corrected chi connectivity index (χ0v) is 11.4. The number of carbonyl (C=O) groups excluding carboxylic acids is 1. The van der Waals surface area contributed by atoms with E-state index in [1.807, 2.05) is 4.90 Å². The fraction of sp³-hybridized carbons (Fsp3) is 0.929. The van der Waals surface area contributed by atoms with Crippen LogP contribution in [-0.2, 0) is 4.79 Å². The van der Waals surface area contributed by atoms with E-state index in [0.29, 0.717) is 0 Å². The molecule has 2 heteroatoms. The van der Waals surface area contributed by atoms with Gasteiger partial charge in [-0.2, -0.15) is 0 Å². The number of carbonyl (C=O) groups is 1. The largest absolute Gasteiger partial charge is 0.343 e. The van der Waals surface area contributed by atoms with Crippen LogP contribution >= 0.6 is 0 Å². The third kappa shape index (κ3) is 8.75. The van der Waals surface area contributed by atoms with Crippen LogP contribution < -0.4 is 0 Å². The second-order valence-corrected chi connectivity index (χ2v) is 4.63. The Morgan fingerprint density at radius 1 is 0.812 bits per heavy atom. The first kappa shape index (κ1) is 15.5. The molecular formula is C14H29NO. The molecule has 0 spiro atoms. The Balaban J connectivity index is 3.48. The summed E-state index contributed by atoms with van der Waals surface area (Å²) in [6.07, 6.45) is 10.1. The molecule has 0 aromatic carbocycles. The Labute approximate surface area is 101 Å². The van der Waals surface area contributed by atoms with Crippen LogP contribution in [0.2, 0.25) is 0 Å². The van der Waals surface area contributed by atoms with Crippen molar-refractivity contribution in [3.05, 3.63) is 0 Å². The van der Waals surface area contributed by atoms with Gasteiger partial charge in [0.25, 0.3) is 0 Å². The molecule has 0 aliphatic rings. The summed E-state index contributed by atoms with van der Waals surface area (Å²) in [6.45, 7) is 8.00. The number of rotatable bonds is 10. The van der Waals surface area contributed by atoms with E-state index in [4.69, 9.17) is 0 Å². The number of hydrogen-bond acceptors (Lipinski definition) is 1. The summed E-state index contributed by atoms with van der Waals surface area (Å²) in [7, 11) is 0. The van der Waals surface area contributed by atoms with Crippen molar-refractivity contribution >= 4 is 5.91 Å². The molecule has 0 atom stereocenters. The maximum absolute atomic E-state index is 11.3. The Kier molecular flexibility index (Phi) is 10.6. The minimum absolute atomic E-state index is 0.238. The summed E-state index contributed by atoms with van der Waals surface area (Å²) >= 11 is 0. The maximum Gasteiger partial charge on any atom is 0.219 e. The first-order valence-electron chi connectivity index (χ1n) is 6.97. The van der Waals surface area contributed by atoms with E-state index < -0.39 is 0 Å². The zero-order valence-electron chi connectivity index (χ0n) is 11.4. The molecule has 0 N–H and O–H groups in total. The predicted octanol–water partition coefficient (Wildman–Crippen LogP) is 4.00. The zero-order chi connectivity index (χ0) is 12.2. The normalized spacial score (nSPS) is 10.4. The van der Waals surface area contributed by atoms with Gasteiger partial charge in [0.1, 0.15) is 0 Å². The van der Waals surface area contributed by atoms with E-state index >= 15 is 0 Å². The van der Waals surface area contributed by atoms with Gasteiger partial charge in [-0.1, -0.05) is 52.4 Å². The molecule has 0 bridgehead atoms. The molecule has 0 aliphatic carbocycles. The van der Waals surface area contributed by atoms with Crippen LogP contribution in [0.5, 0.6) is 0 Å². The monoisotopic (exact) mass is 227 g/mol. The summed E-state index contributed by atoms with van der Waals surface area (Å²) in [6, 6.07) is 0. The van der Waals surface area contributed by atoms with Crippen LogP contribution in [0.15, 0.2) is 0 Å². The molecule has 1 amide bonds. The smallest absolute Gasteiger partial charge is 0.219 e. The van der Waals surface area contributed by atoms with Gasteiger partial charge in [0.15, 0.2) is 0 Å². The van der Waals surface area contributed by atoms with Crippen LogP contribution in [0.3, 0.4) is 0 Å². The SMILES string of the molecule is CCCCCCCCN(CCCC)C(C)=O. The van der Waals surface area contributed by atoms with Crippen molar-refractivity contribution in [2.45, 2.75) is 72.1 Å². The lowest BCUT2D eigenvalue weighted by atomic mass is 10.1. The highest BCUT2D eigenvalue weighted by Crippen LogP contribution is 2.06. The van der Waals surface area contributed by atoms with E-state index in [9.17, 15) is 4.79 Å². The number of nitrogens with zero attached hydrogens (tertiary/aromatic N) is 1. The maximum atomic E-state index is 11.3. The van der Waals surface area contributed by atoms with Gasteiger partial charge < -0.3 is 4.90 Å². The third-order valence-corrected chi connectivity index (χ3v) is 3.01. The summed E-state index contributed by atoms with van der Waals surface area (Å²) in [4.78, 5) is 13.3. The van der Waals surface area contributed by atoms with E-state index in [1.165, 1.54) is 44.9 Å². The first-order chi connectivity index (χ1) is 7.72. The van der Waals surface area contributed by atoms with Gasteiger partial charge >= 0.3 is 0 Å². The summed E-state index contributed by atoms with van der Waals surface area (Å²) in [5.41, 5.74) is 0. The van der Waals surface area contributed by atoms with Crippen molar-refractivity contribution in [1.29, 1.82) is 0 Å². The van der Waals surface area contributed by atoms with Gasteiger partial charge in [-0.3, -0.25) is 4.79 Å². The molecule has 0 fully saturated rings. The molecule has 0 aromatic heterocycles. The number of unbranched alkanes of at least 4 members (excludes halogenated alkanes) is 6. The van der Waals surface area contributed by atoms with E-state index in [-0.39, 0.29) is 5.91 Å². The van der Waals surface area contributed by atoms with Crippen LogP contribution in [0, 0.1) is 0 Å². The lowest BCUT2D eigenvalue weighted by Crippen LogP contribution is -2.30. The molecule has 96 valence electrons. The van der Waals surface area contributed by atoms with Crippen LogP contribution in [0.1, 0.15) is 72.1 Å².